The molecule has 0 unspecified atom stereocenters. The normalized spacial score (nSPS) is 10.8. The number of nitrogens with zero attached hydrogens (tertiary/aromatic N) is 3. The summed E-state index contributed by atoms with van der Waals surface area (Å²) in [5.41, 5.74) is 2.85. The predicted octanol–water partition coefficient (Wildman–Crippen LogP) is 3.48. The molecule has 2 aromatic heterocycles. The third kappa shape index (κ3) is 4.02. The molecule has 0 fully saturated rings. The zero-order chi connectivity index (χ0) is 20.4. The van der Waals surface area contributed by atoms with Gasteiger partial charge in [0.2, 0.25) is 5.91 Å². The number of aromatic nitrogens is 3. The van der Waals surface area contributed by atoms with E-state index in [0.29, 0.717) is 22.1 Å². The number of anilines is 1. The summed E-state index contributed by atoms with van der Waals surface area (Å²) in [6, 6.07) is 14.6. The summed E-state index contributed by atoms with van der Waals surface area (Å²) < 4.78 is 7.57. The van der Waals surface area contributed by atoms with Crippen LogP contribution in [0.25, 0.3) is 21.5 Å². The van der Waals surface area contributed by atoms with Crippen molar-refractivity contribution >= 4 is 32.6 Å². The van der Waals surface area contributed by atoms with Crippen molar-refractivity contribution in [2.75, 3.05) is 12.4 Å². The highest BCUT2D eigenvalue weighted by Crippen LogP contribution is 2.27. The van der Waals surface area contributed by atoms with Gasteiger partial charge in [0.05, 0.1) is 29.3 Å². The largest absolute Gasteiger partial charge is 0.496 e. The first-order valence-electron chi connectivity index (χ1n) is 8.90. The number of amides is 1. The van der Waals surface area contributed by atoms with Gasteiger partial charge in [0.15, 0.2) is 5.13 Å². The van der Waals surface area contributed by atoms with Crippen molar-refractivity contribution in [3.63, 3.8) is 0 Å². The third-order valence-corrected chi connectivity index (χ3v) is 5.30. The van der Waals surface area contributed by atoms with E-state index in [0.717, 1.165) is 15.8 Å². The smallest absolute Gasteiger partial charge is 0.254 e. The van der Waals surface area contributed by atoms with Gasteiger partial charge in [-0.3, -0.25) is 14.2 Å². The van der Waals surface area contributed by atoms with E-state index < -0.39 is 0 Å². The van der Waals surface area contributed by atoms with E-state index in [1.807, 2.05) is 43.3 Å². The van der Waals surface area contributed by atoms with Crippen molar-refractivity contribution in [3.8, 4) is 17.0 Å². The minimum absolute atomic E-state index is 0.146. The van der Waals surface area contributed by atoms with Crippen molar-refractivity contribution in [3.05, 3.63) is 70.8 Å². The van der Waals surface area contributed by atoms with E-state index >= 15 is 0 Å². The molecule has 0 spiro atoms. The second-order valence-corrected chi connectivity index (χ2v) is 7.51. The zero-order valence-corrected chi connectivity index (χ0v) is 16.7. The number of ether oxygens (including phenoxy) is 1. The number of nitrogens with one attached hydrogen (secondary N) is 1. The number of methoxy groups -OCH3 is 1. The second-order valence-electron chi connectivity index (χ2n) is 6.48. The highest BCUT2D eigenvalue weighted by Gasteiger charge is 2.12. The van der Waals surface area contributed by atoms with Gasteiger partial charge in [0.1, 0.15) is 12.3 Å². The van der Waals surface area contributed by atoms with Gasteiger partial charge in [0, 0.05) is 11.6 Å². The topological polar surface area (TPSA) is 86.1 Å². The summed E-state index contributed by atoms with van der Waals surface area (Å²) in [5, 5.41) is 3.25. The maximum atomic E-state index is 12.5. The molecule has 7 nitrogen and oxygen atoms in total. The molecule has 1 amide bonds. The lowest BCUT2D eigenvalue weighted by atomic mass is 10.1. The molecule has 0 aliphatic rings. The number of hydrogen-bond acceptors (Lipinski definition) is 6. The van der Waals surface area contributed by atoms with Gasteiger partial charge in [0.25, 0.3) is 5.56 Å². The average Bonchev–Trinajstić information content (AvgIpc) is 3.10. The molecule has 0 saturated carbocycles. The average molecular weight is 406 g/mol. The lowest BCUT2D eigenvalue weighted by Gasteiger charge is -2.09. The van der Waals surface area contributed by atoms with Crippen LogP contribution < -0.4 is 15.6 Å². The summed E-state index contributed by atoms with van der Waals surface area (Å²) >= 11 is 1.40. The van der Waals surface area contributed by atoms with Crippen LogP contribution in [0.1, 0.15) is 5.56 Å². The van der Waals surface area contributed by atoms with Gasteiger partial charge in [-0.25, -0.2) is 9.97 Å². The van der Waals surface area contributed by atoms with Crippen molar-refractivity contribution in [2.24, 2.45) is 0 Å². The maximum Gasteiger partial charge on any atom is 0.254 e. The van der Waals surface area contributed by atoms with Crippen LogP contribution in [0.5, 0.6) is 5.75 Å². The van der Waals surface area contributed by atoms with E-state index in [1.54, 1.807) is 13.2 Å². The van der Waals surface area contributed by atoms with Crippen molar-refractivity contribution in [2.45, 2.75) is 13.5 Å². The van der Waals surface area contributed by atoms with Gasteiger partial charge in [-0.1, -0.05) is 29.5 Å². The van der Waals surface area contributed by atoms with Gasteiger partial charge in [-0.15, -0.1) is 0 Å². The van der Waals surface area contributed by atoms with Crippen LogP contribution in [-0.2, 0) is 11.3 Å². The third-order valence-electron chi connectivity index (χ3n) is 4.37. The molecule has 8 heteroatoms. The standard InChI is InChI=1S/C21H18N4O3S/c1-13-7-8-15-18(9-13)29-21(23-15)24-19(26)11-25-12-22-16(10-20(25)27)14-5-3-4-6-17(14)28-2/h3-10,12H,11H2,1-2H3,(H,23,24,26). The fourth-order valence-corrected chi connectivity index (χ4v) is 3.93. The van der Waals surface area contributed by atoms with Crippen LogP contribution in [0.3, 0.4) is 0 Å². The Hall–Kier alpha value is -3.52. The molecule has 0 radical (unpaired) electrons. The quantitative estimate of drug-likeness (QED) is 0.548. The van der Waals surface area contributed by atoms with Crippen LogP contribution in [0.15, 0.2) is 59.7 Å². The fraction of sp³-hybridized carbons (Fsp3) is 0.143. The number of carbonyl (C=O) groups excluding carboxylic acids is 1. The number of benzene rings is 2. The Kier molecular flexibility index (Phi) is 5.09. The van der Waals surface area contributed by atoms with E-state index in [2.05, 4.69) is 15.3 Å². The van der Waals surface area contributed by atoms with E-state index in [4.69, 9.17) is 4.74 Å². The Morgan fingerprint density at radius 2 is 2.03 bits per heavy atom. The first-order valence-corrected chi connectivity index (χ1v) is 9.72. The molecule has 0 atom stereocenters. The summed E-state index contributed by atoms with van der Waals surface area (Å²) in [5.74, 6) is 0.288. The molecular formula is C21H18N4O3S. The van der Waals surface area contributed by atoms with Gasteiger partial charge in [-0.2, -0.15) is 0 Å². The first-order chi connectivity index (χ1) is 14.0. The number of thiazole rings is 1. The second kappa shape index (κ2) is 7.84. The lowest BCUT2D eigenvalue weighted by Crippen LogP contribution is -2.27. The van der Waals surface area contributed by atoms with Crippen molar-refractivity contribution < 1.29 is 9.53 Å². The first kappa shape index (κ1) is 18.8. The van der Waals surface area contributed by atoms with E-state index in [9.17, 15) is 9.59 Å². The Morgan fingerprint density at radius 3 is 2.83 bits per heavy atom. The molecule has 2 heterocycles. The van der Waals surface area contributed by atoms with Gasteiger partial charge < -0.3 is 10.1 Å². The SMILES string of the molecule is COc1ccccc1-c1cc(=O)n(CC(=O)Nc2nc3ccc(C)cc3s2)cn1. The summed E-state index contributed by atoms with van der Waals surface area (Å²) in [6.07, 6.45) is 1.37. The molecule has 0 bridgehead atoms. The number of fused-ring (bicyclic) bond motifs is 1. The maximum absolute atomic E-state index is 12.5. The molecule has 0 aliphatic heterocycles. The molecule has 4 aromatic rings. The van der Waals surface area contributed by atoms with E-state index in [-0.39, 0.29) is 18.0 Å². The molecular weight excluding hydrogens is 388 g/mol. The summed E-state index contributed by atoms with van der Waals surface area (Å²) in [7, 11) is 1.56. The number of rotatable bonds is 5. The molecule has 146 valence electrons. The van der Waals surface area contributed by atoms with Crippen LogP contribution in [-0.4, -0.2) is 27.6 Å². The van der Waals surface area contributed by atoms with Gasteiger partial charge >= 0.3 is 0 Å². The minimum atomic E-state index is -0.338. The fourth-order valence-electron chi connectivity index (χ4n) is 2.95. The highest BCUT2D eigenvalue weighted by atomic mass is 32.1. The predicted molar refractivity (Wildman–Crippen MR) is 113 cm³/mol. The molecule has 1 N–H and O–H groups in total. The van der Waals surface area contributed by atoms with Crippen LogP contribution in [0.2, 0.25) is 0 Å². The number of aryl methyl sites for hydroxylation is 1. The molecule has 4 rings (SSSR count). The minimum Gasteiger partial charge on any atom is -0.496 e. The van der Waals surface area contributed by atoms with Crippen molar-refractivity contribution in [1.82, 2.24) is 14.5 Å². The number of para-hydroxylation sites is 1. The Labute approximate surface area is 170 Å². The van der Waals surface area contributed by atoms with Crippen LogP contribution >= 0.6 is 11.3 Å². The van der Waals surface area contributed by atoms with Gasteiger partial charge in [-0.05, 0) is 36.8 Å². The van der Waals surface area contributed by atoms with Crippen LogP contribution in [0.4, 0.5) is 5.13 Å². The number of carbonyl (C=O) groups is 1. The summed E-state index contributed by atoms with van der Waals surface area (Å²) in [6.45, 7) is 1.86. The zero-order valence-electron chi connectivity index (χ0n) is 15.9. The van der Waals surface area contributed by atoms with E-state index in [1.165, 1.54) is 28.3 Å². The molecule has 29 heavy (non-hydrogen) atoms. The Morgan fingerprint density at radius 1 is 1.21 bits per heavy atom. The molecule has 0 aliphatic carbocycles. The van der Waals surface area contributed by atoms with Crippen molar-refractivity contribution in [1.29, 1.82) is 0 Å². The molecule has 2 aromatic carbocycles. The monoisotopic (exact) mass is 406 g/mol. The molecule has 0 saturated heterocycles. The Bertz CT molecular complexity index is 1260. The number of hydrogen-bond donors (Lipinski definition) is 1. The highest BCUT2D eigenvalue weighted by molar-refractivity contribution is 7.22. The summed E-state index contributed by atoms with van der Waals surface area (Å²) in [4.78, 5) is 33.6. The van der Waals surface area contributed by atoms with Crippen LogP contribution in [0, 0.1) is 6.92 Å². The Balaban J connectivity index is 1.51. The lowest BCUT2D eigenvalue weighted by molar-refractivity contribution is -0.116.